The zero-order valence-electron chi connectivity index (χ0n) is 34.4. The van der Waals surface area contributed by atoms with Crippen LogP contribution in [-0.4, -0.2) is 147 Å². The summed E-state index contributed by atoms with van der Waals surface area (Å²) in [6, 6.07) is 3.06. The van der Waals surface area contributed by atoms with Gasteiger partial charge in [0.1, 0.15) is 58.3 Å². The lowest BCUT2D eigenvalue weighted by atomic mass is 9.52. The topological polar surface area (TPSA) is 312 Å². The summed E-state index contributed by atoms with van der Waals surface area (Å²) >= 11 is 0. The number of nitrogen functional groups attached to an aromatic ring is 1. The van der Waals surface area contributed by atoms with Crippen molar-refractivity contribution >= 4 is 23.0 Å². The number of imidazole rings is 1. The Morgan fingerprint density at radius 1 is 1.03 bits per heavy atom. The largest absolute Gasteiger partial charge is 0.451 e. The number of aromatic nitrogens is 5. The summed E-state index contributed by atoms with van der Waals surface area (Å²) in [4.78, 5) is 28.4. The number of hydrogen-bond acceptors (Lipinski definition) is 17. The van der Waals surface area contributed by atoms with Crippen LogP contribution >= 0.6 is 0 Å². The van der Waals surface area contributed by atoms with Crippen LogP contribution in [0.5, 0.6) is 0 Å². The summed E-state index contributed by atoms with van der Waals surface area (Å²) in [6.07, 6.45) is 2.84. The third-order valence-corrected chi connectivity index (χ3v) is 16.9. The molecule has 1 spiro atoms. The van der Waals surface area contributed by atoms with E-state index in [0.717, 1.165) is 32.1 Å². The van der Waals surface area contributed by atoms with Crippen molar-refractivity contribution in [2.24, 2.45) is 28.6 Å². The van der Waals surface area contributed by atoms with Crippen molar-refractivity contribution in [1.82, 2.24) is 24.5 Å². The van der Waals surface area contributed by atoms with Gasteiger partial charge >= 0.3 is 5.97 Å². The zero-order valence-corrected chi connectivity index (χ0v) is 34.4. The molecule has 0 unspecified atom stereocenters. The molecule has 0 amide bonds. The van der Waals surface area contributed by atoms with Gasteiger partial charge in [0.25, 0.3) is 0 Å². The highest BCUT2D eigenvalue weighted by atomic mass is 16.7. The van der Waals surface area contributed by atoms with Crippen LogP contribution in [0.1, 0.15) is 96.5 Å². The minimum absolute atomic E-state index is 0.0314. The monoisotopic (exact) mass is 842 g/mol. The lowest BCUT2D eigenvalue weighted by molar-refractivity contribution is -0.390. The second-order valence-electron chi connectivity index (χ2n) is 19.3. The number of fused-ring (bicyclic) bond motifs is 1. The molecule has 0 aromatic carbocycles. The summed E-state index contributed by atoms with van der Waals surface area (Å²) in [5.41, 5.74) is -9.70. The van der Waals surface area contributed by atoms with Gasteiger partial charge in [0.2, 0.25) is 0 Å². The molecule has 19 heteroatoms. The van der Waals surface area contributed by atoms with Gasteiger partial charge < -0.3 is 70.9 Å². The van der Waals surface area contributed by atoms with E-state index in [1.165, 1.54) is 38.8 Å². The molecule has 330 valence electrons. The Bertz CT molecular complexity index is 2190. The second-order valence-corrected chi connectivity index (χ2v) is 19.3. The van der Waals surface area contributed by atoms with Crippen molar-refractivity contribution < 1.29 is 65.0 Å². The number of aromatic amines is 1. The standard InChI is InChI=1S/C25H35NO9.C16H23N5O4/c1-12(2)22(31)17(34-16(28)14-7-6-10-26-14)23(32)18(4)11-21(30)19(22,5)25(23,33)24(35-21)15(27)13(3)8-9-20(18,24)29;17-14-11-15(19-7-18-14)21(8-20-11)16(9-4-2-1-3-5-9)13(24)12(23)10(6-22)25-16/h6-7,10,12-13,15,17,26-27,29-33H,8-9,11H2,1-5H3;7-10,12-13,22-24H,1-6H2,(H2,17,18,19)/t13-,15+,17+,18-,19+,20-,21-,22+,23+,24+,25+;10-,12-,13-,16-/m01/s1. The van der Waals surface area contributed by atoms with E-state index in [0.29, 0.717) is 17.6 Å². The van der Waals surface area contributed by atoms with Gasteiger partial charge in [-0.25, -0.2) is 19.7 Å². The fraction of sp³-hybridized carbons (Fsp3) is 0.756. The van der Waals surface area contributed by atoms with Crippen LogP contribution in [0.2, 0.25) is 0 Å². The molecule has 3 aromatic heterocycles. The SMILES string of the molecule is CC(C)[C@@]1(O)[C@@H](OC(=O)c2ccc[nH]2)[C@@]2(O)[C@@]3(C)C[C@]4(O)O[C@@]5([C@H](O)[C@@H](C)CC[C@]35O)[C@@]2(O)[C@@]14C.Nc1ncnc2c1ncn2[C@]1(C2CCCCC2)O[C@H](CO)[C@@H](O)[C@H]1O. The van der Waals surface area contributed by atoms with Gasteiger partial charge in [-0.15, -0.1) is 0 Å². The number of nitrogens with two attached hydrogens (primary N) is 1. The molecule has 5 saturated carbocycles. The van der Waals surface area contributed by atoms with Gasteiger partial charge in [0.15, 0.2) is 34.7 Å². The first-order chi connectivity index (χ1) is 28.1. The summed E-state index contributed by atoms with van der Waals surface area (Å²) < 4.78 is 19.8. The van der Waals surface area contributed by atoms with Gasteiger partial charge in [-0.05, 0) is 56.6 Å². The van der Waals surface area contributed by atoms with Crippen LogP contribution in [0.3, 0.4) is 0 Å². The third-order valence-electron chi connectivity index (χ3n) is 16.9. The molecule has 5 aliphatic carbocycles. The molecule has 6 heterocycles. The van der Waals surface area contributed by atoms with Gasteiger partial charge in [0, 0.05) is 24.0 Å². The minimum atomic E-state index is -2.59. The Labute approximate surface area is 345 Å². The van der Waals surface area contributed by atoms with Crippen molar-refractivity contribution in [2.75, 3.05) is 12.3 Å². The smallest absolute Gasteiger partial charge is 0.355 e. The van der Waals surface area contributed by atoms with E-state index in [2.05, 4.69) is 19.9 Å². The summed E-state index contributed by atoms with van der Waals surface area (Å²) in [5.74, 6) is -4.13. The molecule has 6 bridgehead atoms. The first kappa shape index (κ1) is 42.0. The summed E-state index contributed by atoms with van der Waals surface area (Å²) in [5, 5.41) is 105. The lowest BCUT2D eigenvalue weighted by Gasteiger charge is -2.60. The van der Waals surface area contributed by atoms with E-state index in [1.807, 2.05) is 0 Å². The molecule has 3 aromatic rings. The maximum Gasteiger partial charge on any atom is 0.355 e. The predicted octanol–water partition coefficient (Wildman–Crippen LogP) is -0.433. The van der Waals surface area contributed by atoms with E-state index < -0.39 is 98.7 Å². The molecular weight excluding hydrogens is 784 g/mol. The second kappa shape index (κ2) is 12.9. The van der Waals surface area contributed by atoms with E-state index >= 15 is 0 Å². The van der Waals surface area contributed by atoms with Crippen molar-refractivity contribution in [3.8, 4) is 0 Å². The predicted molar refractivity (Wildman–Crippen MR) is 207 cm³/mol. The molecule has 3 saturated heterocycles. The fourth-order valence-electron chi connectivity index (χ4n) is 13.9. The Morgan fingerprint density at radius 3 is 2.35 bits per heavy atom. The third kappa shape index (κ3) is 4.20. The molecule has 12 N–H and O–H groups in total. The van der Waals surface area contributed by atoms with Crippen LogP contribution < -0.4 is 5.73 Å². The van der Waals surface area contributed by atoms with Crippen molar-refractivity contribution in [3.05, 3.63) is 36.7 Å². The lowest BCUT2D eigenvalue weighted by Crippen LogP contribution is -2.75. The molecule has 8 fully saturated rings. The Morgan fingerprint density at radius 2 is 1.73 bits per heavy atom. The Kier molecular flexibility index (Phi) is 9.01. The molecule has 0 radical (unpaired) electrons. The summed E-state index contributed by atoms with van der Waals surface area (Å²) in [6.45, 7) is 7.53. The van der Waals surface area contributed by atoms with Crippen LogP contribution in [-0.2, 0) is 19.9 Å². The number of esters is 1. The number of hydrogen-bond donors (Lipinski definition) is 11. The number of carbonyl (C=O) groups excluding carboxylic acids is 1. The van der Waals surface area contributed by atoms with E-state index in [-0.39, 0.29) is 36.9 Å². The van der Waals surface area contributed by atoms with E-state index in [4.69, 9.17) is 19.9 Å². The van der Waals surface area contributed by atoms with Crippen LogP contribution in [0, 0.1) is 28.6 Å². The fourth-order valence-corrected chi connectivity index (χ4v) is 13.9. The van der Waals surface area contributed by atoms with Crippen molar-refractivity contribution in [3.63, 3.8) is 0 Å². The molecular formula is C41H58N6O13. The van der Waals surface area contributed by atoms with E-state index in [1.54, 1.807) is 31.4 Å². The van der Waals surface area contributed by atoms with Crippen LogP contribution in [0.15, 0.2) is 31.0 Å². The number of aliphatic hydroxyl groups excluding tert-OH is 4. The Hall–Kier alpha value is -3.34. The average Bonchev–Trinajstić information content (AvgIpc) is 4.02. The van der Waals surface area contributed by atoms with E-state index in [9.17, 15) is 50.8 Å². The van der Waals surface area contributed by atoms with Crippen molar-refractivity contribution in [1.29, 1.82) is 0 Å². The average molecular weight is 843 g/mol. The number of nitrogens with zero attached hydrogens (tertiary/aromatic N) is 4. The Balaban J connectivity index is 0.000000163. The minimum Gasteiger partial charge on any atom is -0.451 e. The number of ether oxygens (including phenoxy) is 3. The molecule has 15 atom stereocenters. The quantitative estimate of drug-likeness (QED) is 0.140. The van der Waals surface area contributed by atoms with Crippen molar-refractivity contribution in [2.45, 2.75) is 156 Å². The number of anilines is 1. The highest BCUT2D eigenvalue weighted by Gasteiger charge is 3.10. The molecule has 8 aliphatic rings. The summed E-state index contributed by atoms with van der Waals surface area (Å²) in [7, 11) is 0. The van der Waals surface area contributed by atoms with Gasteiger partial charge in [0.05, 0.1) is 24.5 Å². The number of carbonyl (C=O) groups is 1. The number of nitrogens with one attached hydrogen (secondary N) is 1. The zero-order chi connectivity index (χ0) is 43.4. The van der Waals surface area contributed by atoms with Gasteiger partial charge in [-0.3, -0.25) is 4.57 Å². The molecule has 60 heavy (non-hydrogen) atoms. The van der Waals surface area contributed by atoms with Crippen LogP contribution in [0.4, 0.5) is 5.82 Å². The number of aliphatic hydroxyl groups is 9. The maximum atomic E-state index is 13.2. The highest BCUT2D eigenvalue weighted by molar-refractivity contribution is 5.88. The first-order valence-electron chi connectivity index (χ1n) is 21.0. The molecule has 11 rings (SSSR count). The molecule has 19 nitrogen and oxygen atoms in total. The number of rotatable bonds is 6. The van der Waals surface area contributed by atoms with Gasteiger partial charge in [-0.1, -0.05) is 47.0 Å². The number of H-pyrrole nitrogens is 1. The van der Waals surface area contributed by atoms with Crippen LogP contribution in [0.25, 0.3) is 11.2 Å². The maximum absolute atomic E-state index is 13.2. The molecule has 3 aliphatic heterocycles. The highest BCUT2D eigenvalue weighted by Crippen LogP contribution is 2.90. The normalized spacial score (nSPS) is 49.0. The van der Waals surface area contributed by atoms with Gasteiger partial charge in [-0.2, -0.15) is 0 Å². The first-order valence-corrected chi connectivity index (χ1v) is 21.0.